The number of nitrogens with zero attached hydrogens (tertiary/aromatic N) is 1. The molecule has 1 heterocycles. The van der Waals surface area contributed by atoms with E-state index in [1.54, 1.807) is 50.2 Å². The van der Waals surface area contributed by atoms with Crippen LogP contribution >= 0.6 is 0 Å². The summed E-state index contributed by atoms with van der Waals surface area (Å²) in [5.41, 5.74) is 0.721. The van der Waals surface area contributed by atoms with Gasteiger partial charge in [-0.3, -0.25) is 9.59 Å². The molecule has 1 saturated heterocycles. The van der Waals surface area contributed by atoms with Crippen LogP contribution in [0.5, 0.6) is 5.75 Å². The van der Waals surface area contributed by atoms with Gasteiger partial charge in [0.05, 0.1) is 19.8 Å². The molecule has 2 aromatic carbocycles. The molecule has 0 aromatic heterocycles. The van der Waals surface area contributed by atoms with E-state index in [1.807, 2.05) is 0 Å². The van der Waals surface area contributed by atoms with Gasteiger partial charge in [0.15, 0.2) is 0 Å². The Bertz CT molecular complexity index is 1050. The van der Waals surface area contributed by atoms with Crippen LogP contribution in [0.15, 0.2) is 53.4 Å². The molecule has 2 amide bonds. The highest BCUT2D eigenvalue weighted by Gasteiger charge is 2.30. The van der Waals surface area contributed by atoms with Crippen LogP contribution in [-0.4, -0.2) is 63.5 Å². The van der Waals surface area contributed by atoms with Gasteiger partial charge < -0.3 is 20.1 Å². The Kier molecular flexibility index (Phi) is 7.84. The maximum Gasteiger partial charge on any atom is 0.251 e. The minimum absolute atomic E-state index is 0.0278. The van der Waals surface area contributed by atoms with Gasteiger partial charge in [-0.1, -0.05) is 18.2 Å². The Labute approximate surface area is 187 Å². The topological polar surface area (TPSA) is 114 Å². The maximum absolute atomic E-state index is 13.2. The van der Waals surface area contributed by atoms with Crippen molar-refractivity contribution < 1.29 is 27.5 Å². The Balaban J connectivity index is 1.77. The predicted octanol–water partition coefficient (Wildman–Crippen LogP) is 1.86. The number of hydrogen-bond donors (Lipinski definition) is 2. The van der Waals surface area contributed by atoms with Crippen molar-refractivity contribution in [1.29, 1.82) is 0 Å². The number of carbonyl (C=O) groups excluding carboxylic acids is 2. The number of ether oxygens (including phenoxy) is 2. The van der Waals surface area contributed by atoms with Gasteiger partial charge in [0, 0.05) is 24.3 Å². The molecule has 2 N–H and O–H groups in total. The number of rotatable bonds is 8. The highest BCUT2D eigenvalue weighted by Crippen LogP contribution is 2.30. The average Bonchev–Trinajstić information content (AvgIpc) is 2.81. The largest absolute Gasteiger partial charge is 0.492 e. The molecular weight excluding hydrogens is 434 g/mol. The van der Waals surface area contributed by atoms with E-state index in [0.717, 1.165) is 0 Å². The quantitative estimate of drug-likeness (QED) is 0.620. The standard InChI is InChI=1S/C22H27N3O6S/c1-3-31-19-10-9-18(15-20(19)32(28,29)25-11-13-30-14-12-25)24-21(26)16(2)23-22(27)17-7-5-4-6-8-17/h4-10,15-16H,3,11-14H2,1-2H3,(H,23,27)(H,24,26)/t16-/m0/s1. The van der Waals surface area contributed by atoms with Gasteiger partial charge in [0.1, 0.15) is 16.7 Å². The number of hydrogen-bond acceptors (Lipinski definition) is 6. The lowest BCUT2D eigenvalue weighted by atomic mass is 10.2. The third-order valence-electron chi connectivity index (χ3n) is 4.88. The molecule has 10 heteroatoms. The number of sulfonamides is 1. The van der Waals surface area contributed by atoms with Gasteiger partial charge in [-0.05, 0) is 44.2 Å². The molecule has 0 radical (unpaired) electrons. The zero-order valence-corrected chi connectivity index (χ0v) is 18.9. The van der Waals surface area contributed by atoms with Crippen LogP contribution in [0.1, 0.15) is 24.2 Å². The molecular formula is C22H27N3O6S. The van der Waals surface area contributed by atoms with E-state index in [1.165, 1.54) is 16.4 Å². The van der Waals surface area contributed by atoms with Crippen molar-refractivity contribution in [3.8, 4) is 5.75 Å². The number of amides is 2. The molecule has 0 spiro atoms. The van der Waals surface area contributed by atoms with Crippen LogP contribution in [0.4, 0.5) is 5.69 Å². The van der Waals surface area contributed by atoms with Crippen molar-refractivity contribution >= 4 is 27.5 Å². The molecule has 0 bridgehead atoms. The summed E-state index contributed by atoms with van der Waals surface area (Å²) in [6, 6.07) is 12.2. The lowest BCUT2D eigenvalue weighted by Gasteiger charge is -2.27. The second-order valence-corrected chi connectivity index (χ2v) is 9.07. The third kappa shape index (κ3) is 5.64. The summed E-state index contributed by atoms with van der Waals surface area (Å²) in [6.45, 7) is 4.73. The van der Waals surface area contributed by atoms with Gasteiger partial charge in [-0.25, -0.2) is 8.42 Å². The summed E-state index contributed by atoms with van der Waals surface area (Å²) >= 11 is 0. The molecule has 1 aliphatic rings. The summed E-state index contributed by atoms with van der Waals surface area (Å²) in [7, 11) is -3.84. The van der Waals surface area contributed by atoms with E-state index in [0.29, 0.717) is 25.4 Å². The third-order valence-corrected chi connectivity index (χ3v) is 6.80. The highest BCUT2D eigenvalue weighted by molar-refractivity contribution is 7.89. The first-order chi connectivity index (χ1) is 15.3. The minimum Gasteiger partial charge on any atom is -0.492 e. The van der Waals surface area contributed by atoms with Crippen LogP contribution in [-0.2, 0) is 19.6 Å². The summed E-state index contributed by atoms with van der Waals surface area (Å²) in [5, 5.41) is 5.29. The van der Waals surface area contributed by atoms with Gasteiger partial charge in [0.25, 0.3) is 5.91 Å². The normalized spacial score (nSPS) is 15.6. The van der Waals surface area contributed by atoms with Crippen molar-refractivity contribution in [3.05, 3.63) is 54.1 Å². The molecule has 2 aromatic rings. The summed E-state index contributed by atoms with van der Waals surface area (Å²) in [4.78, 5) is 24.9. The average molecular weight is 462 g/mol. The first-order valence-corrected chi connectivity index (χ1v) is 11.8. The molecule has 0 unspecified atom stereocenters. The van der Waals surface area contributed by atoms with Gasteiger partial charge in [-0.2, -0.15) is 4.31 Å². The molecule has 0 saturated carbocycles. The molecule has 172 valence electrons. The van der Waals surface area contributed by atoms with Crippen LogP contribution in [0.2, 0.25) is 0 Å². The SMILES string of the molecule is CCOc1ccc(NC(=O)[C@H](C)NC(=O)c2ccccc2)cc1S(=O)(=O)N1CCOCC1. The fourth-order valence-corrected chi connectivity index (χ4v) is 4.74. The van der Waals surface area contributed by atoms with Crippen LogP contribution < -0.4 is 15.4 Å². The second kappa shape index (κ2) is 10.6. The van der Waals surface area contributed by atoms with Crippen molar-refractivity contribution in [2.45, 2.75) is 24.8 Å². The van der Waals surface area contributed by atoms with E-state index in [9.17, 15) is 18.0 Å². The van der Waals surface area contributed by atoms with Gasteiger partial charge in [0.2, 0.25) is 15.9 Å². The van der Waals surface area contributed by atoms with E-state index in [2.05, 4.69) is 10.6 Å². The van der Waals surface area contributed by atoms with Crippen LogP contribution in [0, 0.1) is 0 Å². The monoisotopic (exact) mass is 461 g/mol. The number of anilines is 1. The molecule has 32 heavy (non-hydrogen) atoms. The molecule has 1 aliphatic heterocycles. The molecule has 1 atom stereocenters. The number of benzene rings is 2. The lowest BCUT2D eigenvalue weighted by Crippen LogP contribution is -2.42. The number of carbonyl (C=O) groups is 2. The second-order valence-electron chi connectivity index (χ2n) is 7.16. The summed E-state index contributed by atoms with van der Waals surface area (Å²) < 4.78 is 38.5. The van der Waals surface area contributed by atoms with Crippen molar-refractivity contribution in [2.24, 2.45) is 0 Å². The Morgan fingerprint density at radius 2 is 1.81 bits per heavy atom. The van der Waals surface area contributed by atoms with Gasteiger partial charge >= 0.3 is 0 Å². The van der Waals surface area contributed by atoms with Crippen molar-refractivity contribution in [2.75, 3.05) is 38.2 Å². The van der Waals surface area contributed by atoms with Crippen LogP contribution in [0.25, 0.3) is 0 Å². The fourth-order valence-electron chi connectivity index (χ4n) is 3.17. The predicted molar refractivity (Wildman–Crippen MR) is 119 cm³/mol. The highest BCUT2D eigenvalue weighted by atomic mass is 32.2. The Morgan fingerprint density at radius 3 is 2.47 bits per heavy atom. The lowest BCUT2D eigenvalue weighted by molar-refractivity contribution is -0.117. The summed E-state index contributed by atoms with van der Waals surface area (Å²) in [6.07, 6.45) is 0. The van der Waals surface area contributed by atoms with Crippen molar-refractivity contribution in [1.82, 2.24) is 9.62 Å². The number of morpholine rings is 1. The zero-order chi connectivity index (χ0) is 23.1. The molecule has 3 rings (SSSR count). The Morgan fingerprint density at radius 1 is 1.12 bits per heavy atom. The zero-order valence-electron chi connectivity index (χ0n) is 18.0. The minimum atomic E-state index is -3.84. The summed E-state index contributed by atoms with van der Waals surface area (Å²) in [5.74, 6) is -0.647. The maximum atomic E-state index is 13.2. The molecule has 0 aliphatic carbocycles. The number of nitrogens with one attached hydrogen (secondary N) is 2. The van der Waals surface area contributed by atoms with E-state index in [-0.39, 0.29) is 35.3 Å². The van der Waals surface area contributed by atoms with Crippen LogP contribution in [0.3, 0.4) is 0 Å². The van der Waals surface area contributed by atoms with E-state index in [4.69, 9.17) is 9.47 Å². The van der Waals surface area contributed by atoms with E-state index < -0.39 is 22.0 Å². The van der Waals surface area contributed by atoms with E-state index >= 15 is 0 Å². The smallest absolute Gasteiger partial charge is 0.251 e. The fraction of sp³-hybridized carbons (Fsp3) is 0.364. The van der Waals surface area contributed by atoms with Crippen molar-refractivity contribution in [3.63, 3.8) is 0 Å². The van der Waals surface area contributed by atoms with Gasteiger partial charge in [-0.15, -0.1) is 0 Å². The first-order valence-electron chi connectivity index (χ1n) is 10.3. The first kappa shape index (κ1) is 23.7. The molecule has 1 fully saturated rings. The Hall–Kier alpha value is -2.95. The molecule has 9 nitrogen and oxygen atoms in total.